The Bertz CT molecular complexity index is 4930. The summed E-state index contributed by atoms with van der Waals surface area (Å²) in [4.78, 5) is 0. The molecule has 0 unspecified atom stereocenters. The summed E-state index contributed by atoms with van der Waals surface area (Å²) in [5, 5.41) is 24.9. The maximum atomic E-state index is 6.42. The molecule has 80 heavy (non-hydrogen) atoms. The van der Waals surface area contributed by atoms with Crippen molar-refractivity contribution in [2.75, 3.05) is 16.0 Å². The molecule has 0 aliphatic carbocycles. The Morgan fingerprint density at radius 3 is 1.29 bits per heavy atom. The Morgan fingerprint density at radius 1 is 0.263 bits per heavy atom. The lowest BCUT2D eigenvalue weighted by Crippen LogP contribution is -1.91. The molecule has 16 aromatic rings. The molecule has 382 valence electrons. The first-order valence-corrected chi connectivity index (χ1v) is 27.0. The summed E-state index contributed by atoms with van der Waals surface area (Å²) >= 11 is 0. The maximum absolute atomic E-state index is 6.42. The van der Waals surface area contributed by atoms with E-state index < -0.39 is 0 Å². The fraction of sp³-hybridized carbons (Fsp3) is 0.0270. The molecule has 0 saturated heterocycles. The molecule has 16 rings (SSSR count). The Labute approximate surface area is 462 Å². The van der Waals surface area contributed by atoms with Crippen LogP contribution in [0.3, 0.4) is 0 Å². The normalized spacial score (nSPS) is 11.4. The zero-order valence-electron chi connectivity index (χ0n) is 44.1. The molecule has 3 aromatic heterocycles. The van der Waals surface area contributed by atoms with Crippen molar-refractivity contribution in [3.63, 3.8) is 0 Å². The van der Waals surface area contributed by atoms with Crippen LogP contribution in [0.1, 0.15) is 11.1 Å². The second-order valence-electron chi connectivity index (χ2n) is 20.3. The average molecular weight is 1030 g/mol. The van der Waals surface area contributed by atoms with E-state index in [1.807, 2.05) is 66.7 Å². The molecule has 6 heteroatoms. The minimum Gasteiger partial charge on any atom is -0.456 e. The third-order valence-corrected chi connectivity index (χ3v) is 15.1. The van der Waals surface area contributed by atoms with E-state index in [9.17, 15) is 0 Å². The molecule has 3 heterocycles. The maximum Gasteiger partial charge on any atom is 0.143 e. The van der Waals surface area contributed by atoms with Gasteiger partial charge >= 0.3 is 0 Å². The quantitative estimate of drug-likeness (QED) is 0.148. The Morgan fingerprint density at radius 2 is 0.700 bits per heavy atom. The fourth-order valence-electron chi connectivity index (χ4n) is 11.4. The van der Waals surface area contributed by atoms with Gasteiger partial charge in [0.05, 0.1) is 0 Å². The Balaban J connectivity index is 0.000000109. The van der Waals surface area contributed by atoms with Crippen molar-refractivity contribution in [1.29, 1.82) is 0 Å². The van der Waals surface area contributed by atoms with Crippen molar-refractivity contribution in [2.24, 2.45) is 0 Å². The van der Waals surface area contributed by atoms with Crippen molar-refractivity contribution >= 4 is 132 Å². The summed E-state index contributed by atoms with van der Waals surface area (Å²) in [5.41, 5.74) is 16.6. The summed E-state index contributed by atoms with van der Waals surface area (Å²) in [6.45, 7) is 4.24. The summed E-state index contributed by atoms with van der Waals surface area (Å²) in [6.07, 6.45) is 0. The predicted octanol–water partition coefficient (Wildman–Crippen LogP) is 21.7. The minimum absolute atomic E-state index is 0.915. The predicted molar refractivity (Wildman–Crippen MR) is 338 cm³/mol. The zero-order chi connectivity index (χ0) is 53.5. The number of anilines is 6. The van der Waals surface area contributed by atoms with Gasteiger partial charge in [0.2, 0.25) is 0 Å². The molecular formula is C74H53N3O3. The summed E-state index contributed by atoms with van der Waals surface area (Å²) in [7, 11) is 0. The molecule has 0 radical (unpaired) electrons. The number of hydrogen-bond acceptors (Lipinski definition) is 6. The van der Waals surface area contributed by atoms with Gasteiger partial charge in [-0.3, -0.25) is 0 Å². The molecule has 0 fully saturated rings. The first-order chi connectivity index (χ1) is 39.5. The van der Waals surface area contributed by atoms with Crippen LogP contribution >= 0.6 is 0 Å². The third kappa shape index (κ3) is 9.04. The largest absolute Gasteiger partial charge is 0.456 e. The highest BCUT2D eigenvalue weighted by Crippen LogP contribution is 2.43. The van der Waals surface area contributed by atoms with E-state index in [1.165, 1.54) is 48.7 Å². The molecule has 0 aliphatic heterocycles. The van der Waals surface area contributed by atoms with Gasteiger partial charge in [-0.25, -0.2) is 0 Å². The van der Waals surface area contributed by atoms with Crippen LogP contribution in [0.2, 0.25) is 0 Å². The van der Waals surface area contributed by atoms with Gasteiger partial charge in [0.25, 0.3) is 0 Å². The fourth-order valence-corrected chi connectivity index (χ4v) is 11.4. The number of para-hydroxylation sites is 3. The highest BCUT2D eigenvalue weighted by molar-refractivity contribution is 6.22. The van der Waals surface area contributed by atoms with Crippen molar-refractivity contribution < 1.29 is 13.3 Å². The van der Waals surface area contributed by atoms with Gasteiger partial charge in [-0.2, -0.15) is 0 Å². The van der Waals surface area contributed by atoms with E-state index in [1.54, 1.807) is 0 Å². The van der Waals surface area contributed by atoms with Gasteiger partial charge in [-0.05, 0) is 154 Å². The van der Waals surface area contributed by atoms with Crippen LogP contribution in [-0.2, 0) is 0 Å². The molecule has 0 spiro atoms. The van der Waals surface area contributed by atoms with Gasteiger partial charge in [0.1, 0.15) is 33.5 Å². The van der Waals surface area contributed by atoms with Crippen LogP contribution in [-0.4, -0.2) is 0 Å². The number of nitrogens with one attached hydrogen (secondary N) is 3. The second kappa shape index (κ2) is 20.4. The molecule has 0 bridgehead atoms. The lowest BCUT2D eigenvalue weighted by Gasteiger charge is -2.10. The lowest BCUT2D eigenvalue weighted by molar-refractivity contribution is 0.666. The van der Waals surface area contributed by atoms with Gasteiger partial charge in [-0.15, -0.1) is 0 Å². The molecule has 13 aromatic carbocycles. The van der Waals surface area contributed by atoms with Crippen molar-refractivity contribution in [3.05, 3.63) is 278 Å². The average Bonchev–Trinajstić information content (AvgIpc) is 4.26. The smallest absolute Gasteiger partial charge is 0.143 e. The summed E-state index contributed by atoms with van der Waals surface area (Å²) < 4.78 is 18.8. The van der Waals surface area contributed by atoms with Crippen LogP contribution in [0.5, 0.6) is 0 Å². The van der Waals surface area contributed by atoms with Gasteiger partial charge < -0.3 is 29.2 Å². The molecule has 0 aliphatic rings. The van der Waals surface area contributed by atoms with Crippen molar-refractivity contribution in [1.82, 2.24) is 0 Å². The van der Waals surface area contributed by atoms with Crippen molar-refractivity contribution in [3.8, 4) is 11.1 Å². The monoisotopic (exact) mass is 1030 g/mol. The highest BCUT2D eigenvalue weighted by atomic mass is 16.3. The first-order valence-electron chi connectivity index (χ1n) is 27.0. The van der Waals surface area contributed by atoms with Crippen LogP contribution in [0, 0.1) is 13.8 Å². The van der Waals surface area contributed by atoms with E-state index in [2.05, 4.69) is 230 Å². The highest BCUT2D eigenvalue weighted by Gasteiger charge is 2.18. The minimum atomic E-state index is 0.915. The third-order valence-electron chi connectivity index (χ3n) is 15.1. The number of furan rings is 3. The number of hydrogen-bond donors (Lipinski definition) is 3. The molecule has 0 atom stereocenters. The number of aryl methyl sites for hydroxylation is 2. The van der Waals surface area contributed by atoms with Crippen LogP contribution in [0.25, 0.3) is 109 Å². The van der Waals surface area contributed by atoms with E-state index in [-0.39, 0.29) is 0 Å². The second-order valence-corrected chi connectivity index (χ2v) is 20.3. The molecular weight excluding hydrogens is 979 g/mol. The summed E-state index contributed by atoms with van der Waals surface area (Å²) in [6, 6.07) is 92.2. The zero-order valence-corrected chi connectivity index (χ0v) is 44.1. The number of benzene rings is 13. The first kappa shape index (κ1) is 47.9. The Hall–Kier alpha value is -10.6. The lowest BCUT2D eigenvalue weighted by atomic mass is 9.99. The van der Waals surface area contributed by atoms with Crippen LogP contribution in [0.15, 0.2) is 280 Å². The van der Waals surface area contributed by atoms with E-state index in [0.717, 1.165) is 106 Å². The number of rotatable bonds is 7. The van der Waals surface area contributed by atoms with Crippen molar-refractivity contribution in [2.45, 2.75) is 13.8 Å². The topological polar surface area (TPSA) is 75.5 Å². The SMILES string of the molecule is Cc1c2ccccc2cc2c1oc1ccc(Nc3ccccc3)cc12.Cc1cc(Nc2ccccc2)cc2c1oc1ccc3ccccc3c12.c1ccc(Nc2cc(-c3ccccc3)c3oc4ccc5ccccc5c4c3c2)cc1. The molecule has 6 nitrogen and oxygen atoms in total. The summed E-state index contributed by atoms with van der Waals surface area (Å²) in [5.74, 6) is 0. The molecule has 0 amide bonds. The van der Waals surface area contributed by atoms with E-state index in [4.69, 9.17) is 13.3 Å². The standard InChI is InChI=1S/C28H19NO.2C23H17NO/c1-3-9-19(10-4-1)24-17-22(29-21-12-5-2-6-13-21)18-25-27-23-14-8-7-11-20(23)15-16-26(27)30-28(24)25;1-15-19-10-6-5-7-16(19)13-21-20-14-18(11-12-22(20)25-23(15)21)24-17-8-3-2-4-9-17;1-15-13-18(24-17-8-3-2-4-9-17)14-20-22-19-10-6-5-7-16(19)11-12-21(22)25-23(15)20/h1-18,29H;2*2-14,24H,1H3. The molecule has 0 saturated carbocycles. The van der Waals surface area contributed by atoms with Gasteiger partial charge in [0, 0.05) is 77.6 Å². The molecule has 3 N–H and O–H groups in total. The van der Waals surface area contributed by atoms with Crippen LogP contribution in [0.4, 0.5) is 34.1 Å². The number of fused-ring (bicyclic) bond motifs is 14. The van der Waals surface area contributed by atoms with Crippen LogP contribution < -0.4 is 16.0 Å². The van der Waals surface area contributed by atoms with Gasteiger partial charge in [-0.1, -0.05) is 170 Å². The van der Waals surface area contributed by atoms with E-state index >= 15 is 0 Å². The Kier molecular flexibility index (Phi) is 12.2. The van der Waals surface area contributed by atoms with E-state index in [0.29, 0.717) is 0 Å². The van der Waals surface area contributed by atoms with Gasteiger partial charge in [0.15, 0.2) is 0 Å².